The van der Waals surface area contributed by atoms with Gasteiger partial charge in [0.25, 0.3) is 11.5 Å². The third kappa shape index (κ3) is 3.78. The summed E-state index contributed by atoms with van der Waals surface area (Å²) in [5, 5.41) is 8.70. The van der Waals surface area contributed by atoms with E-state index in [-0.39, 0.29) is 25.2 Å². The molecule has 1 N–H and O–H groups in total. The largest absolute Gasteiger partial charge is 0.394 e. The predicted octanol–water partition coefficient (Wildman–Crippen LogP) is -0.137. The molecule has 2 heterocycles. The summed E-state index contributed by atoms with van der Waals surface area (Å²) < 4.78 is 11.3. The maximum absolute atomic E-state index is 12.0. The van der Waals surface area contributed by atoms with Gasteiger partial charge in [0.1, 0.15) is 5.76 Å². The van der Waals surface area contributed by atoms with Gasteiger partial charge in [-0.25, -0.2) is 0 Å². The number of ether oxygens (including phenoxy) is 1. The smallest absolute Gasteiger partial charge is 0.290 e. The number of likely N-dealkylation sites (tertiary alicyclic amines) is 1. The van der Waals surface area contributed by atoms with Crippen molar-refractivity contribution in [3.05, 3.63) is 22.2 Å². The number of hydrogen-bond donors (Lipinski definition) is 1. The second kappa shape index (κ2) is 6.83. The molecule has 0 aromatic carbocycles. The van der Waals surface area contributed by atoms with Gasteiger partial charge in [0.15, 0.2) is 0 Å². The first-order valence-electron chi connectivity index (χ1n) is 6.78. The zero-order valence-electron chi connectivity index (χ0n) is 11.6. The third-order valence-electron chi connectivity index (χ3n) is 3.33. The van der Waals surface area contributed by atoms with E-state index in [4.69, 9.17) is 14.4 Å². The topological polar surface area (TPSA) is 84.9 Å². The summed E-state index contributed by atoms with van der Waals surface area (Å²) in [5.41, 5.74) is -0.423. The van der Waals surface area contributed by atoms with Crippen LogP contribution in [0.2, 0.25) is 0 Å². The fourth-order valence-corrected chi connectivity index (χ4v) is 2.33. The average Bonchev–Trinajstić information content (AvgIpc) is 2.77. The molecule has 1 aliphatic heterocycles. The molecule has 112 valence electrons. The molecule has 7 heteroatoms. The molecule has 0 aliphatic carbocycles. The van der Waals surface area contributed by atoms with Crippen LogP contribution in [0.15, 0.2) is 15.4 Å². The quantitative estimate of drug-likeness (QED) is 0.810. The number of nitrogens with zero attached hydrogens (tertiary/aromatic N) is 2. The average molecular weight is 284 g/mol. The predicted molar refractivity (Wildman–Crippen MR) is 70.8 cm³/mol. The molecular formula is C13H20N2O5. The van der Waals surface area contributed by atoms with Crippen LogP contribution in [-0.2, 0) is 4.74 Å². The van der Waals surface area contributed by atoms with Gasteiger partial charge in [0.2, 0.25) is 0 Å². The molecule has 0 bridgehead atoms. The minimum Gasteiger partial charge on any atom is -0.394 e. The van der Waals surface area contributed by atoms with Crippen molar-refractivity contribution in [3.63, 3.8) is 0 Å². The van der Waals surface area contributed by atoms with E-state index < -0.39 is 5.56 Å². The molecular weight excluding hydrogens is 264 g/mol. The molecule has 0 atom stereocenters. The second-order valence-electron chi connectivity index (χ2n) is 4.94. The van der Waals surface area contributed by atoms with Gasteiger partial charge in [0.05, 0.1) is 25.9 Å². The van der Waals surface area contributed by atoms with Crippen LogP contribution in [0.5, 0.6) is 0 Å². The van der Waals surface area contributed by atoms with Crippen LogP contribution in [0.4, 0.5) is 0 Å². The van der Waals surface area contributed by atoms with Crippen LogP contribution in [-0.4, -0.2) is 59.6 Å². The Hall–Kier alpha value is -1.44. The van der Waals surface area contributed by atoms with Gasteiger partial charge in [-0.2, -0.15) is 0 Å². The summed E-state index contributed by atoms with van der Waals surface area (Å²) >= 11 is 0. The summed E-state index contributed by atoms with van der Waals surface area (Å²) in [7, 11) is 0. The number of aromatic nitrogens is 1. The van der Waals surface area contributed by atoms with Gasteiger partial charge in [-0.05, 0) is 19.8 Å². The van der Waals surface area contributed by atoms with E-state index in [1.807, 2.05) is 4.90 Å². The number of rotatable bonds is 5. The van der Waals surface area contributed by atoms with Crippen molar-refractivity contribution in [1.29, 1.82) is 0 Å². The van der Waals surface area contributed by atoms with Crippen LogP contribution >= 0.6 is 0 Å². The van der Waals surface area contributed by atoms with E-state index in [0.29, 0.717) is 12.4 Å². The lowest BCUT2D eigenvalue weighted by Gasteiger charge is -2.30. The Kier molecular flexibility index (Phi) is 5.11. The number of aryl methyl sites for hydroxylation is 1. The Balaban J connectivity index is 1.82. The first-order chi connectivity index (χ1) is 9.60. The van der Waals surface area contributed by atoms with E-state index in [9.17, 15) is 9.59 Å². The molecule has 1 aliphatic rings. The Morgan fingerprint density at radius 3 is 2.75 bits per heavy atom. The number of carbonyl (C=O) groups is 1. The summed E-state index contributed by atoms with van der Waals surface area (Å²) in [6.45, 7) is 3.64. The lowest BCUT2D eigenvalue weighted by atomic mass is 10.1. The van der Waals surface area contributed by atoms with Crippen molar-refractivity contribution in [3.8, 4) is 0 Å². The number of aliphatic hydroxyl groups excluding tert-OH is 1. The normalized spacial score (nSPS) is 17.5. The van der Waals surface area contributed by atoms with Gasteiger partial charge in [0, 0.05) is 19.2 Å². The molecule has 0 saturated carbocycles. The summed E-state index contributed by atoms with van der Waals surface area (Å²) in [4.78, 5) is 25.4. The summed E-state index contributed by atoms with van der Waals surface area (Å²) in [6.07, 6.45) is 1.78. The van der Waals surface area contributed by atoms with Gasteiger partial charge in [-0.3, -0.25) is 14.5 Å². The van der Waals surface area contributed by atoms with Crippen LogP contribution < -0.4 is 5.56 Å². The standard InChI is InChI=1S/C13H20N2O5/c1-10-8-12(17)15(20-10)13(18)9-14-4-2-11(3-5-14)19-7-6-16/h8,11,16H,2-7,9H2,1H3. The zero-order chi connectivity index (χ0) is 14.5. The van der Waals surface area contributed by atoms with Crippen molar-refractivity contribution >= 4 is 5.91 Å². The van der Waals surface area contributed by atoms with Crippen molar-refractivity contribution in [1.82, 2.24) is 9.64 Å². The molecule has 20 heavy (non-hydrogen) atoms. The highest BCUT2D eigenvalue weighted by Crippen LogP contribution is 2.13. The maximum atomic E-state index is 12.0. The first-order valence-corrected chi connectivity index (χ1v) is 6.78. The Labute approximate surface area is 116 Å². The summed E-state index contributed by atoms with van der Waals surface area (Å²) in [6, 6.07) is 1.30. The lowest BCUT2D eigenvalue weighted by Crippen LogP contribution is -2.42. The van der Waals surface area contributed by atoms with Gasteiger partial charge in [-0.1, -0.05) is 0 Å². The number of carbonyl (C=O) groups excluding carboxylic acids is 1. The van der Waals surface area contributed by atoms with E-state index in [1.165, 1.54) is 6.07 Å². The van der Waals surface area contributed by atoms with Gasteiger partial charge in [-0.15, -0.1) is 4.74 Å². The molecule has 1 fully saturated rings. The number of hydrogen-bond acceptors (Lipinski definition) is 6. The maximum Gasteiger partial charge on any atom is 0.290 e. The highest BCUT2D eigenvalue weighted by Gasteiger charge is 2.22. The van der Waals surface area contributed by atoms with Crippen LogP contribution in [0, 0.1) is 6.92 Å². The molecule has 2 rings (SSSR count). The number of piperidine rings is 1. The van der Waals surface area contributed by atoms with E-state index in [0.717, 1.165) is 30.7 Å². The second-order valence-corrected chi connectivity index (χ2v) is 4.94. The Bertz CT molecular complexity index is 499. The minimum absolute atomic E-state index is 0.0272. The van der Waals surface area contributed by atoms with Crippen molar-refractivity contribution in [2.45, 2.75) is 25.9 Å². The third-order valence-corrected chi connectivity index (χ3v) is 3.33. The number of aliphatic hydroxyl groups is 1. The van der Waals surface area contributed by atoms with Crippen LogP contribution in [0.3, 0.4) is 0 Å². The SMILES string of the molecule is Cc1cc(=O)n(C(=O)CN2CCC(OCCO)CC2)o1. The van der Waals surface area contributed by atoms with Crippen molar-refractivity contribution < 1.29 is 19.2 Å². The van der Waals surface area contributed by atoms with Gasteiger partial charge < -0.3 is 14.4 Å². The molecule has 0 spiro atoms. The lowest BCUT2D eigenvalue weighted by molar-refractivity contribution is -0.00791. The molecule has 1 aromatic rings. The highest BCUT2D eigenvalue weighted by atomic mass is 16.5. The van der Waals surface area contributed by atoms with Crippen LogP contribution in [0.1, 0.15) is 23.4 Å². The molecule has 7 nitrogen and oxygen atoms in total. The summed E-state index contributed by atoms with van der Waals surface area (Å²) in [5.74, 6) is 0.0808. The van der Waals surface area contributed by atoms with E-state index in [1.54, 1.807) is 6.92 Å². The van der Waals surface area contributed by atoms with E-state index >= 15 is 0 Å². The Morgan fingerprint density at radius 2 is 2.20 bits per heavy atom. The molecule has 0 unspecified atom stereocenters. The molecule has 0 radical (unpaired) electrons. The zero-order valence-corrected chi connectivity index (χ0v) is 11.6. The Morgan fingerprint density at radius 1 is 1.50 bits per heavy atom. The van der Waals surface area contributed by atoms with Gasteiger partial charge >= 0.3 is 0 Å². The van der Waals surface area contributed by atoms with Crippen molar-refractivity contribution in [2.24, 2.45) is 0 Å². The van der Waals surface area contributed by atoms with E-state index in [2.05, 4.69) is 0 Å². The molecule has 1 aromatic heterocycles. The first kappa shape index (κ1) is 15.0. The minimum atomic E-state index is -0.423. The monoisotopic (exact) mass is 284 g/mol. The molecule has 0 amide bonds. The fraction of sp³-hybridized carbons (Fsp3) is 0.692. The van der Waals surface area contributed by atoms with Crippen LogP contribution in [0.25, 0.3) is 0 Å². The molecule has 1 saturated heterocycles. The fourth-order valence-electron chi connectivity index (χ4n) is 2.33. The van der Waals surface area contributed by atoms with Crippen molar-refractivity contribution in [2.75, 3.05) is 32.8 Å². The highest BCUT2D eigenvalue weighted by molar-refractivity contribution is 5.79.